The molecule has 6 heteroatoms. The summed E-state index contributed by atoms with van der Waals surface area (Å²) >= 11 is 7.05. The Kier molecular flexibility index (Phi) is 5.69. The second-order valence-electron chi connectivity index (χ2n) is 6.82. The van der Waals surface area contributed by atoms with Crippen molar-refractivity contribution in [2.75, 3.05) is 25.1 Å². The maximum atomic E-state index is 6.64. The van der Waals surface area contributed by atoms with E-state index in [9.17, 15) is 0 Å². The van der Waals surface area contributed by atoms with Crippen LogP contribution in [0.25, 0.3) is 0 Å². The number of halogens is 2. The third kappa shape index (κ3) is 4.16. The van der Waals surface area contributed by atoms with E-state index in [1.165, 1.54) is 35.9 Å². The monoisotopic (exact) mass is 437 g/mol. The Morgan fingerprint density at radius 1 is 1.36 bits per heavy atom. The number of aromatic nitrogens is 2. The summed E-state index contributed by atoms with van der Waals surface area (Å²) in [4.78, 5) is 4.77. The van der Waals surface area contributed by atoms with Gasteiger partial charge in [0.2, 0.25) is 0 Å². The van der Waals surface area contributed by atoms with Gasteiger partial charge in [-0.2, -0.15) is 0 Å². The van der Waals surface area contributed by atoms with Gasteiger partial charge in [0.1, 0.15) is 0 Å². The van der Waals surface area contributed by atoms with Gasteiger partial charge in [0.15, 0.2) is 0 Å². The summed E-state index contributed by atoms with van der Waals surface area (Å²) in [5.74, 6) is 0. The van der Waals surface area contributed by atoms with Crippen LogP contribution >= 0.6 is 11.6 Å². The topological polar surface area (TPSA) is 24.3 Å². The fourth-order valence-electron chi connectivity index (χ4n) is 2.91. The Bertz CT molecular complexity index is 512. The minimum absolute atomic E-state index is 0.413. The van der Waals surface area contributed by atoms with Gasteiger partial charge in [-0.1, -0.05) is 0 Å². The average molecular weight is 438 g/mol. The number of aryl methyl sites for hydroxylation is 1. The van der Waals surface area contributed by atoms with Crippen LogP contribution < -0.4 is 21.2 Å². The Morgan fingerprint density at radius 3 is 2.82 bits per heavy atom. The predicted octanol–water partition coefficient (Wildman–Crippen LogP) is -0.556. The molecule has 0 aromatic carbocycles. The van der Waals surface area contributed by atoms with Crippen molar-refractivity contribution < 1.29 is 21.2 Å². The first-order valence-electron chi connectivity index (χ1n) is 8.25. The molecule has 1 atom stereocenters. The van der Waals surface area contributed by atoms with Gasteiger partial charge >= 0.3 is 150 Å². The van der Waals surface area contributed by atoms with Crippen molar-refractivity contribution >= 4 is 11.6 Å². The van der Waals surface area contributed by atoms with Crippen molar-refractivity contribution in [1.82, 2.24) is 19.6 Å². The Morgan fingerprint density at radius 2 is 2.14 bits per heavy atom. The van der Waals surface area contributed by atoms with Crippen LogP contribution in [0.3, 0.4) is 0 Å². The summed E-state index contributed by atoms with van der Waals surface area (Å²) in [6.45, 7) is 6.38. The third-order valence-corrected chi connectivity index (χ3v) is 9.07. The Hall–Kier alpha value is 0.150. The van der Waals surface area contributed by atoms with E-state index < -0.39 is 0 Å². The SMILES string of the molecule is CC(C[I-]C1CC1)N1CCCn2nc(CN(C)C)c(Cl)c2C1. The van der Waals surface area contributed by atoms with E-state index in [1.807, 2.05) is 0 Å². The molecule has 2 heterocycles. The first kappa shape index (κ1) is 17.0. The molecule has 2 aliphatic rings. The molecule has 1 aliphatic carbocycles. The van der Waals surface area contributed by atoms with Crippen LogP contribution in [0.5, 0.6) is 0 Å². The molecule has 1 saturated carbocycles. The zero-order valence-corrected chi connectivity index (χ0v) is 16.8. The minimum atomic E-state index is 0.413. The van der Waals surface area contributed by atoms with Crippen molar-refractivity contribution in [2.24, 2.45) is 0 Å². The molecule has 22 heavy (non-hydrogen) atoms. The summed E-state index contributed by atoms with van der Waals surface area (Å²) in [5.41, 5.74) is 2.26. The summed E-state index contributed by atoms with van der Waals surface area (Å²) in [7, 11) is 4.13. The van der Waals surface area contributed by atoms with Gasteiger partial charge in [-0.15, -0.1) is 0 Å². The Labute approximate surface area is 149 Å². The van der Waals surface area contributed by atoms with Crippen LogP contribution in [0.15, 0.2) is 0 Å². The number of fused-ring (bicyclic) bond motifs is 1. The van der Waals surface area contributed by atoms with Crippen LogP contribution in [0, 0.1) is 0 Å². The summed E-state index contributed by atoms with van der Waals surface area (Å²) in [6.07, 6.45) is 4.19. The molecule has 1 unspecified atom stereocenters. The molecular weight excluding hydrogens is 411 g/mol. The number of alkyl halides is 2. The zero-order valence-electron chi connectivity index (χ0n) is 13.9. The van der Waals surface area contributed by atoms with Gasteiger partial charge in [-0.05, 0) is 0 Å². The van der Waals surface area contributed by atoms with E-state index in [2.05, 4.69) is 35.5 Å². The normalized spacial score (nSPS) is 21.1. The number of nitrogens with zero attached hydrogens (tertiary/aromatic N) is 4. The van der Waals surface area contributed by atoms with Crippen LogP contribution in [0.4, 0.5) is 0 Å². The molecule has 0 N–H and O–H groups in total. The molecule has 1 aromatic heterocycles. The summed E-state index contributed by atoms with van der Waals surface area (Å²) < 4.78 is 4.72. The first-order chi connectivity index (χ1) is 10.5. The molecule has 0 amide bonds. The molecule has 126 valence electrons. The molecule has 0 bridgehead atoms. The second-order valence-corrected chi connectivity index (χ2v) is 10.7. The van der Waals surface area contributed by atoms with Crippen molar-refractivity contribution in [3.8, 4) is 0 Å². The third-order valence-electron chi connectivity index (χ3n) is 4.35. The van der Waals surface area contributed by atoms with Crippen molar-refractivity contribution in [2.45, 2.75) is 55.8 Å². The van der Waals surface area contributed by atoms with E-state index in [1.54, 1.807) is 0 Å². The molecule has 0 spiro atoms. The quantitative estimate of drug-likeness (QED) is 0.441. The molecule has 0 radical (unpaired) electrons. The standard InChI is InChI=1S/C16H27ClIN4/c1-12(9-18-13-5-6-13)21-7-4-8-22-15(11-21)16(17)14(19-22)10-20(2)3/h12-13H,4-11H2,1-3H3/q-1. The van der Waals surface area contributed by atoms with E-state index in [0.717, 1.165) is 34.3 Å². The molecule has 1 aromatic rings. The van der Waals surface area contributed by atoms with Crippen LogP contribution in [0.1, 0.15) is 37.6 Å². The van der Waals surface area contributed by atoms with Gasteiger partial charge in [-0.25, -0.2) is 0 Å². The first-order valence-corrected chi connectivity index (χ1v) is 11.4. The molecular formula is C16H27ClIN4-. The van der Waals surface area contributed by atoms with Gasteiger partial charge in [0.25, 0.3) is 0 Å². The average Bonchev–Trinajstić information content (AvgIpc) is 3.26. The van der Waals surface area contributed by atoms with Gasteiger partial charge in [0.05, 0.1) is 0 Å². The van der Waals surface area contributed by atoms with Gasteiger partial charge < -0.3 is 0 Å². The molecule has 3 rings (SSSR count). The molecule has 0 saturated heterocycles. The predicted molar refractivity (Wildman–Crippen MR) is 87.0 cm³/mol. The molecule has 4 nitrogen and oxygen atoms in total. The van der Waals surface area contributed by atoms with E-state index in [4.69, 9.17) is 16.7 Å². The fraction of sp³-hybridized carbons (Fsp3) is 0.812. The van der Waals surface area contributed by atoms with Crippen LogP contribution in [-0.4, -0.2) is 54.6 Å². The maximum absolute atomic E-state index is 6.64. The van der Waals surface area contributed by atoms with E-state index >= 15 is 0 Å². The van der Waals surface area contributed by atoms with Crippen molar-refractivity contribution in [3.63, 3.8) is 0 Å². The second kappa shape index (κ2) is 7.36. The van der Waals surface area contributed by atoms with Gasteiger partial charge in [-0.3, -0.25) is 0 Å². The van der Waals surface area contributed by atoms with Crippen molar-refractivity contribution in [1.29, 1.82) is 0 Å². The Balaban J connectivity index is 1.69. The number of hydrogen-bond donors (Lipinski definition) is 0. The summed E-state index contributed by atoms with van der Waals surface area (Å²) in [6, 6.07) is 0.697. The van der Waals surface area contributed by atoms with E-state index in [-0.39, 0.29) is 0 Å². The summed E-state index contributed by atoms with van der Waals surface area (Å²) in [5, 5.41) is 5.64. The molecule has 1 fully saturated rings. The van der Waals surface area contributed by atoms with Crippen molar-refractivity contribution in [3.05, 3.63) is 16.4 Å². The fourth-order valence-corrected chi connectivity index (χ4v) is 6.41. The number of hydrogen-bond acceptors (Lipinski definition) is 3. The zero-order chi connectivity index (χ0) is 15.7. The number of rotatable bonds is 6. The van der Waals surface area contributed by atoms with Crippen LogP contribution in [0.2, 0.25) is 5.02 Å². The molecule has 1 aliphatic heterocycles. The van der Waals surface area contributed by atoms with Gasteiger partial charge in [0, 0.05) is 0 Å². The van der Waals surface area contributed by atoms with E-state index in [0.29, 0.717) is 27.2 Å². The van der Waals surface area contributed by atoms with Crippen LogP contribution in [-0.2, 0) is 19.6 Å².